The van der Waals surface area contributed by atoms with Crippen molar-refractivity contribution in [3.63, 3.8) is 0 Å². The van der Waals surface area contributed by atoms with E-state index in [4.69, 9.17) is 9.84 Å². The number of rotatable bonds is 2. The SMILES string of the molecule is O=C(O)c1ccc(N2CCOC3CCCC32)nc1. The summed E-state index contributed by atoms with van der Waals surface area (Å²) in [6, 6.07) is 3.82. The van der Waals surface area contributed by atoms with Crippen molar-refractivity contribution < 1.29 is 14.6 Å². The molecule has 0 amide bonds. The van der Waals surface area contributed by atoms with E-state index in [1.54, 1.807) is 12.1 Å². The zero-order valence-electron chi connectivity index (χ0n) is 10.1. The summed E-state index contributed by atoms with van der Waals surface area (Å²) < 4.78 is 5.75. The average molecular weight is 248 g/mol. The van der Waals surface area contributed by atoms with Gasteiger partial charge in [-0.15, -0.1) is 0 Å². The molecule has 1 aromatic heterocycles. The first-order valence-electron chi connectivity index (χ1n) is 6.33. The number of carboxylic acids is 1. The normalized spacial score (nSPS) is 27.0. The van der Waals surface area contributed by atoms with Crippen molar-refractivity contribution in [1.29, 1.82) is 0 Å². The number of morpholine rings is 1. The molecule has 0 spiro atoms. The van der Waals surface area contributed by atoms with Gasteiger partial charge in [0.15, 0.2) is 0 Å². The molecule has 1 saturated carbocycles. The van der Waals surface area contributed by atoms with E-state index in [2.05, 4.69) is 9.88 Å². The third kappa shape index (κ3) is 1.95. The standard InChI is InChI=1S/C13H16N2O3/c16-13(17)9-4-5-12(14-8-9)15-6-7-18-11-3-1-2-10(11)15/h4-5,8,10-11H,1-3,6-7H2,(H,16,17). The maximum Gasteiger partial charge on any atom is 0.337 e. The third-order valence-electron chi connectivity index (χ3n) is 3.77. The predicted octanol–water partition coefficient (Wildman–Crippen LogP) is 1.54. The van der Waals surface area contributed by atoms with Gasteiger partial charge in [-0.25, -0.2) is 9.78 Å². The van der Waals surface area contributed by atoms with Crippen LogP contribution in [0, 0.1) is 0 Å². The quantitative estimate of drug-likeness (QED) is 0.860. The van der Waals surface area contributed by atoms with Crippen LogP contribution in [0.2, 0.25) is 0 Å². The lowest BCUT2D eigenvalue weighted by atomic mass is 10.1. The number of anilines is 1. The van der Waals surface area contributed by atoms with Gasteiger partial charge in [-0.05, 0) is 31.4 Å². The van der Waals surface area contributed by atoms with E-state index in [-0.39, 0.29) is 5.56 Å². The Morgan fingerprint density at radius 1 is 1.44 bits per heavy atom. The summed E-state index contributed by atoms with van der Waals surface area (Å²) in [5, 5.41) is 8.86. The molecule has 1 aliphatic heterocycles. The molecule has 1 N–H and O–H groups in total. The highest BCUT2D eigenvalue weighted by atomic mass is 16.5. The van der Waals surface area contributed by atoms with Crippen molar-refractivity contribution >= 4 is 11.8 Å². The molecule has 18 heavy (non-hydrogen) atoms. The molecule has 1 aliphatic carbocycles. The number of fused-ring (bicyclic) bond motifs is 1. The summed E-state index contributed by atoms with van der Waals surface area (Å²) in [5.41, 5.74) is 0.231. The number of hydrogen-bond acceptors (Lipinski definition) is 4. The van der Waals surface area contributed by atoms with Gasteiger partial charge in [0.2, 0.25) is 0 Å². The van der Waals surface area contributed by atoms with Gasteiger partial charge < -0.3 is 14.7 Å². The van der Waals surface area contributed by atoms with E-state index in [1.807, 2.05) is 0 Å². The maximum atomic E-state index is 10.8. The molecule has 1 aromatic rings. The Kier molecular flexibility index (Phi) is 2.91. The summed E-state index contributed by atoms with van der Waals surface area (Å²) in [7, 11) is 0. The predicted molar refractivity (Wildman–Crippen MR) is 65.9 cm³/mol. The lowest BCUT2D eigenvalue weighted by Gasteiger charge is -2.38. The first kappa shape index (κ1) is 11.5. The Morgan fingerprint density at radius 3 is 3.06 bits per heavy atom. The van der Waals surface area contributed by atoms with Gasteiger partial charge in [-0.3, -0.25) is 0 Å². The average Bonchev–Trinajstić information content (AvgIpc) is 2.87. The van der Waals surface area contributed by atoms with Gasteiger partial charge >= 0.3 is 5.97 Å². The number of aromatic carboxylic acids is 1. The summed E-state index contributed by atoms with van der Waals surface area (Å²) in [5.74, 6) is -0.0741. The number of carbonyl (C=O) groups is 1. The molecule has 2 fully saturated rings. The topological polar surface area (TPSA) is 62.7 Å². The minimum absolute atomic E-state index is 0.231. The summed E-state index contributed by atoms with van der Waals surface area (Å²) in [6.45, 7) is 1.56. The summed E-state index contributed by atoms with van der Waals surface area (Å²) in [4.78, 5) is 17.3. The van der Waals surface area contributed by atoms with Gasteiger partial charge in [0, 0.05) is 12.7 Å². The zero-order chi connectivity index (χ0) is 12.5. The molecule has 5 heteroatoms. The van der Waals surface area contributed by atoms with Crippen LogP contribution in [-0.2, 0) is 4.74 Å². The molecular formula is C13H16N2O3. The molecule has 0 aromatic carbocycles. The molecule has 96 valence electrons. The molecule has 2 atom stereocenters. The van der Waals surface area contributed by atoms with Crippen LogP contribution in [0.15, 0.2) is 18.3 Å². The van der Waals surface area contributed by atoms with Crippen LogP contribution in [0.3, 0.4) is 0 Å². The molecule has 2 heterocycles. The lowest BCUT2D eigenvalue weighted by molar-refractivity contribution is 0.0253. The van der Waals surface area contributed by atoms with Crippen molar-refractivity contribution in [3.05, 3.63) is 23.9 Å². The minimum atomic E-state index is -0.935. The fourth-order valence-electron chi connectivity index (χ4n) is 2.89. The first-order valence-corrected chi connectivity index (χ1v) is 6.33. The van der Waals surface area contributed by atoms with Crippen LogP contribution < -0.4 is 4.90 Å². The van der Waals surface area contributed by atoms with Crippen LogP contribution in [-0.4, -0.2) is 41.4 Å². The van der Waals surface area contributed by atoms with Gasteiger partial charge in [0.05, 0.1) is 24.3 Å². The Bertz CT molecular complexity index is 446. The fraction of sp³-hybridized carbons (Fsp3) is 0.538. The van der Waals surface area contributed by atoms with Crippen LogP contribution in [0.4, 0.5) is 5.82 Å². The lowest BCUT2D eigenvalue weighted by Crippen LogP contribution is -2.49. The molecule has 5 nitrogen and oxygen atoms in total. The van der Waals surface area contributed by atoms with E-state index in [1.165, 1.54) is 12.6 Å². The second-order valence-corrected chi connectivity index (χ2v) is 4.81. The largest absolute Gasteiger partial charge is 0.478 e. The highest BCUT2D eigenvalue weighted by molar-refractivity contribution is 5.87. The second-order valence-electron chi connectivity index (χ2n) is 4.81. The Hall–Kier alpha value is -1.62. The van der Waals surface area contributed by atoms with E-state index in [0.717, 1.165) is 31.8 Å². The van der Waals surface area contributed by atoms with Crippen LogP contribution in [0.25, 0.3) is 0 Å². The zero-order valence-corrected chi connectivity index (χ0v) is 10.1. The third-order valence-corrected chi connectivity index (χ3v) is 3.77. The van der Waals surface area contributed by atoms with Crippen molar-refractivity contribution in [1.82, 2.24) is 4.98 Å². The monoisotopic (exact) mass is 248 g/mol. The van der Waals surface area contributed by atoms with Gasteiger partial charge in [-0.2, -0.15) is 0 Å². The molecule has 2 aliphatic rings. The van der Waals surface area contributed by atoms with Gasteiger partial charge in [0.1, 0.15) is 5.82 Å². The van der Waals surface area contributed by atoms with Gasteiger partial charge in [-0.1, -0.05) is 0 Å². The van der Waals surface area contributed by atoms with Crippen LogP contribution >= 0.6 is 0 Å². The van der Waals surface area contributed by atoms with E-state index in [0.29, 0.717) is 12.1 Å². The molecule has 2 unspecified atom stereocenters. The molecule has 0 bridgehead atoms. The maximum absolute atomic E-state index is 10.8. The second kappa shape index (κ2) is 4.57. The van der Waals surface area contributed by atoms with E-state index < -0.39 is 5.97 Å². The Labute approximate surface area is 105 Å². The minimum Gasteiger partial charge on any atom is -0.478 e. The van der Waals surface area contributed by atoms with E-state index in [9.17, 15) is 4.79 Å². The van der Waals surface area contributed by atoms with Crippen molar-refractivity contribution in [2.45, 2.75) is 31.4 Å². The summed E-state index contributed by atoms with van der Waals surface area (Å²) in [6.07, 6.45) is 5.19. The van der Waals surface area contributed by atoms with Crippen molar-refractivity contribution in [2.24, 2.45) is 0 Å². The van der Waals surface area contributed by atoms with Crippen LogP contribution in [0.5, 0.6) is 0 Å². The Morgan fingerprint density at radius 2 is 2.33 bits per heavy atom. The smallest absolute Gasteiger partial charge is 0.337 e. The fourth-order valence-corrected chi connectivity index (χ4v) is 2.89. The molecule has 1 saturated heterocycles. The molecule has 3 rings (SSSR count). The molecular weight excluding hydrogens is 232 g/mol. The highest BCUT2D eigenvalue weighted by Gasteiger charge is 2.36. The van der Waals surface area contributed by atoms with E-state index >= 15 is 0 Å². The number of hydrogen-bond donors (Lipinski definition) is 1. The highest BCUT2D eigenvalue weighted by Crippen LogP contribution is 2.32. The number of aromatic nitrogens is 1. The van der Waals surface area contributed by atoms with Crippen molar-refractivity contribution in [3.8, 4) is 0 Å². The van der Waals surface area contributed by atoms with Crippen molar-refractivity contribution in [2.75, 3.05) is 18.1 Å². The van der Waals surface area contributed by atoms with Gasteiger partial charge in [0.25, 0.3) is 0 Å². The van der Waals surface area contributed by atoms with Crippen LogP contribution in [0.1, 0.15) is 29.6 Å². The number of ether oxygens (including phenoxy) is 1. The first-order chi connectivity index (χ1) is 8.75. The molecule has 0 radical (unpaired) electrons. The number of nitrogens with zero attached hydrogens (tertiary/aromatic N) is 2. The number of carboxylic acid groups (broad SMARTS) is 1. The Balaban J connectivity index is 1.82. The number of pyridine rings is 1. The summed E-state index contributed by atoms with van der Waals surface area (Å²) >= 11 is 0.